The van der Waals surface area contributed by atoms with Crippen LogP contribution in [-0.2, 0) is 12.8 Å². The van der Waals surface area contributed by atoms with Gasteiger partial charge in [-0.1, -0.05) is 0 Å². The number of aromatic nitrogens is 1. The van der Waals surface area contributed by atoms with Gasteiger partial charge in [0, 0.05) is 17.9 Å². The van der Waals surface area contributed by atoms with Gasteiger partial charge in [-0.05, 0) is 48.9 Å². The van der Waals surface area contributed by atoms with Crippen molar-refractivity contribution in [2.24, 2.45) is 0 Å². The Kier molecular flexibility index (Phi) is 5.08. The van der Waals surface area contributed by atoms with Gasteiger partial charge in [-0.15, -0.1) is 11.3 Å². The van der Waals surface area contributed by atoms with Gasteiger partial charge in [0.1, 0.15) is 4.83 Å². The Bertz CT molecular complexity index is 1090. The highest BCUT2D eigenvalue weighted by Crippen LogP contribution is 2.45. The zero-order valence-corrected chi connectivity index (χ0v) is 17.9. The molecule has 0 atom stereocenters. The van der Waals surface area contributed by atoms with E-state index in [9.17, 15) is 4.79 Å². The first-order valence-corrected chi connectivity index (χ1v) is 10.4. The van der Waals surface area contributed by atoms with Crippen LogP contribution in [0.25, 0.3) is 21.5 Å². The fraction of sp³-hybridized carbons (Fsp3) is 0.364. The lowest BCUT2D eigenvalue weighted by Gasteiger charge is -2.21. The van der Waals surface area contributed by atoms with Crippen LogP contribution in [-0.4, -0.2) is 32.1 Å². The first kappa shape index (κ1) is 19.5. The van der Waals surface area contributed by atoms with E-state index in [0.29, 0.717) is 27.8 Å². The summed E-state index contributed by atoms with van der Waals surface area (Å²) in [6.45, 7) is 1.55. The Hall–Kier alpha value is -2.80. The molecule has 152 valence electrons. The summed E-state index contributed by atoms with van der Waals surface area (Å²) in [4.78, 5) is 18.4. The van der Waals surface area contributed by atoms with E-state index in [2.05, 4.69) is 0 Å². The van der Waals surface area contributed by atoms with Gasteiger partial charge in [0.25, 0.3) is 0 Å². The van der Waals surface area contributed by atoms with Crippen molar-refractivity contribution < 1.29 is 19.0 Å². The summed E-state index contributed by atoms with van der Waals surface area (Å²) in [7, 11) is 4.79. The molecule has 2 heterocycles. The number of ketones is 1. The van der Waals surface area contributed by atoms with Crippen molar-refractivity contribution in [3.63, 3.8) is 0 Å². The summed E-state index contributed by atoms with van der Waals surface area (Å²) < 4.78 is 16.5. The standard InChI is InChI=1S/C22H24N2O4S/c1-11(25)21-18(23)17-13-7-5-6-8-14(13)19(24-22(17)29-21)12-9-15(26-2)20(28-4)16(10-12)27-3/h9-10H,5-8,23H2,1-4H3. The van der Waals surface area contributed by atoms with Gasteiger partial charge in [-0.25, -0.2) is 4.98 Å². The maximum Gasteiger partial charge on any atom is 0.203 e. The lowest BCUT2D eigenvalue weighted by atomic mass is 9.87. The molecule has 1 aliphatic rings. The molecule has 0 spiro atoms. The second-order valence-corrected chi connectivity index (χ2v) is 8.12. The molecule has 0 radical (unpaired) electrons. The highest BCUT2D eigenvalue weighted by Gasteiger charge is 2.26. The summed E-state index contributed by atoms with van der Waals surface area (Å²) in [6, 6.07) is 3.85. The molecule has 1 aromatic carbocycles. The van der Waals surface area contributed by atoms with Crippen molar-refractivity contribution >= 4 is 33.0 Å². The molecule has 2 aromatic heterocycles. The van der Waals surface area contributed by atoms with Gasteiger partial charge in [-0.3, -0.25) is 4.79 Å². The van der Waals surface area contributed by atoms with E-state index in [1.54, 1.807) is 28.3 Å². The fourth-order valence-electron chi connectivity index (χ4n) is 4.13. The monoisotopic (exact) mass is 412 g/mol. The quantitative estimate of drug-likeness (QED) is 0.614. The third-order valence-corrected chi connectivity index (χ3v) is 6.65. The minimum Gasteiger partial charge on any atom is -0.493 e. The van der Waals surface area contributed by atoms with Crippen LogP contribution in [0.3, 0.4) is 0 Å². The van der Waals surface area contributed by atoms with Crippen LogP contribution in [0.1, 0.15) is 40.6 Å². The molecule has 0 unspecified atom stereocenters. The van der Waals surface area contributed by atoms with Crippen molar-refractivity contribution in [2.45, 2.75) is 32.6 Å². The summed E-state index contributed by atoms with van der Waals surface area (Å²) in [5.41, 5.74) is 11.1. The van der Waals surface area contributed by atoms with Crippen molar-refractivity contribution in [1.29, 1.82) is 0 Å². The third kappa shape index (κ3) is 3.09. The Morgan fingerprint density at radius 1 is 1.03 bits per heavy atom. The largest absolute Gasteiger partial charge is 0.493 e. The maximum absolute atomic E-state index is 12.1. The predicted molar refractivity (Wildman–Crippen MR) is 116 cm³/mol. The van der Waals surface area contributed by atoms with Gasteiger partial charge >= 0.3 is 0 Å². The van der Waals surface area contributed by atoms with Crippen LogP contribution in [0.4, 0.5) is 5.69 Å². The second kappa shape index (κ2) is 7.55. The lowest BCUT2D eigenvalue weighted by molar-refractivity contribution is 0.102. The van der Waals surface area contributed by atoms with E-state index in [1.807, 2.05) is 12.1 Å². The number of Topliss-reactive ketones (excluding diaryl/α,β-unsaturated/α-hetero) is 1. The smallest absolute Gasteiger partial charge is 0.203 e. The minimum absolute atomic E-state index is 0.0237. The molecule has 0 amide bonds. The number of rotatable bonds is 5. The number of ether oxygens (including phenoxy) is 3. The molecule has 0 bridgehead atoms. The van der Waals surface area contributed by atoms with E-state index in [1.165, 1.54) is 22.5 Å². The van der Waals surface area contributed by atoms with Crippen LogP contribution < -0.4 is 19.9 Å². The molecule has 29 heavy (non-hydrogen) atoms. The van der Waals surface area contributed by atoms with E-state index in [0.717, 1.165) is 47.2 Å². The highest BCUT2D eigenvalue weighted by molar-refractivity contribution is 7.21. The summed E-state index contributed by atoms with van der Waals surface area (Å²) >= 11 is 1.37. The molecule has 3 aromatic rings. The number of hydrogen-bond acceptors (Lipinski definition) is 7. The highest BCUT2D eigenvalue weighted by atomic mass is 32.1. The van der Waals surface area contributed by atoms with E-state index in [4.69, 9.17) is 24.9 Å². The number of pyridine rings is 1. The van der Waals surface area contributed by atoms with Gasteiger partial charge in [-0.2, -0.15) is 0 Å². The van der Waals surface area contributed by atoms with Gasteiger partial charge in [0.05, 0.1) is 37.6 Å². The summed E-state index contributed by atoms with van der Waals surface area (Å²) in [5.74, 6) is 1.70. The van der Waals surface area contributed by atoms with Crippen LogP contribution in [0.5, 0.6) is 17.2 Å². The maximum atomic E-state index is 12.1. The number of nitrogens with zero attached hydrogens (tertiary/aromatic N) is 1. The minimum atomic E-state index is -0.0237. The molecule has 4 rings (SSSR count). The topological polar surface area (TPSA) is 83.7 Å². The Morgan fingerprint density at radius 3 is 2.21 bits per heavy atom. The molecule has 6 nitrogen and oxygen atoms in total. The summed E-state index contributed by atoms with van der Waals surface area (Å²) in [6.07, 6.45) is 4.06. The number of fused-ring (bicyclic) bond motifs is 3. The molecular formula is C22H24N2O4S. The molecule has 0 fully saturated rings. The van der Waals surface area contributed by atoms with Crippen molar-refractivity contribution in [2.75, 3.05) is 27.1 Å². The number of nitrogens with two attached hydrogens (primary N) is 1. The van der Waals surface area contributed by atoms with E-state index >= 15 is 0 Å². The molecule has 0 aliphatic heterocycles. The lowest BCUT2D eigenvalue weighted by Crippen LogP contribution is -2.08. The first-order chi connectivity index (χ1) is 14.0. The number of carbonyl (C=O) groups excluding carboxylic acids is 1. The number of thiophene rings is 1. The first-order valence-electron chi connectivity index (χ1n) is 9.55. The number of benzene rings is 1. The van der Waals surface area contributed by atoms with Crippen LogP contribution in [0.15, 0.2) is 12.1 Å². The zero-order chi connectivity index (χ0) is 20.7. The van der Waals surface area contributed by atoms with E-state index in [-0.39, 0.29) is 5.78 Å². The fourth-order valence-corrected chi connectivity index (χ4v) is 5.15. The Morgan fingerprint density at radius 2 is 1.66 bits per heavy atom. The molecule has 2 N–H and O–H groups in total. The van der Waals surface area contributed by atoms with Crippen molar-refractivity contribution in [3.8, 4) is 28.5 Å². The van der Waals surface area contributed by atoms with Gasteiger partial charge in [0.2, 0.25) is 5.75 Å². The average Bonchev–Trinajstić information content (AvgIpc) is 3.08. The SMILES string of the molecule is COc1cc(-c2nc3sc(C(C)=O)c(N)c3c3c2CCCC3)cc(OC)c1OC. The normalized spacial score (nSPS) is 13.2. The number of nitrogen functional groups attached to an aromatic ring is 1. The molecular weight excluding hydrogens is 388 g/mol. The molecule has 0 saturated heterocycles. The van der Waals surface area contributed by atoms with Crippen LogP contribution in [0.2, 0.25) is 0 Å². The van der Waals surface area contributed by atoms with Crippen molar-refractivity contribution in [3.05, 3.63) is 28.1 Å². The van der Waals surface area contributed by atoms with Crippen LogP contribution in [0, 0.1) is 0 Å². The van der Waals surface area contributed by atoms with Crippen LogP contribution >= 0.6 is 11.3 Å². The number of hydrogen-bond donors (Lipinski definition) is 1. The Balaban J connectivity index is 2.03. The molecule has 1 aliphatic carbocycles. The van der Waals surface area contributed by atoms with Gasteiger partial charge < -0.3 is 19.9 Å². The number of anilines is 1. The number of carbonyl (C=O) groups is 1. The average molecular weight is 413 g/mol. The third-order valence-electron chi connectivity index (χ3n) is 5.45. The molecule has 0 saturated carbocycles. The molecule has 7 heteroatoms. The number of methoxy groups -OCH3 is 3. The summed E-state index contributed by atoms with van der Waals surface area (Å²) in [5, 5.41) is 0.950. The Labute approximate surface area is 173 Å². The van der Waals surface area contributed by atoms with Crippen molar-refractivity contribution in [1.82, 2.24) is 4.98 Å². The van der Waals surface area contributed by atoms with Gasteiger partial charge in [0.15, 0.2) is 17.3 Å². The second-order valence-electron chi connectivity index (χ2n) is 7.12. The number of aryl methyl sites for hydroxylation is 1. The zero-order valence-electron chi connectivity index (χ0n) is 17.0. The predicted octanol–water partition coefficient (Wildman–Crippen LogP) is 4.65. The van der Waals surface area contributed by atoms with E-state index < -0.39 is 0 Å².